The van der Waals surface area contributed by atoms with E-state index in [0.29, 0.717) is 56.3 Å². The second-order valence-electron chi connectivity index (χ2n) is 9.42. The quantitative estimate of drug-likeness (QED) is 0.349. The molecule has 1 aliphatic heterocycles. The van der Waals surface area contributed by atoms with Crippen LogP contribution in [-0.2, 0) is 38.2 Å². The molecular formula is C28H36N4O5S. The first-order valence-corrected chi connectivity index (χ1v) is 14.5. The van der Waals surface area contributed by atoms with E-state index in [2.05, 4.69) is 9.88 Å². The van der Waals surface area contributed by atoms with E-state index in [4.69, 9.17) is 9.47 Å². The molecule has 1 saturated heterocycles. The van der Waals surface area contributed by atoms with E-state index in [0.717, 1.165) is 18.7 Å². The monoisotopic (exact) mass is 540 g/mol. The second kappa shape index (κ2) is 13.1. The predicted octanol–water partition coefficient (Wildman–Crippen LogP) is 2.79. The molecule has 3 aromatic rings. The molecule has 0 aliphatic carbocycles. The van der Waals surface area contributed by atoms with Crippen LogP contribution in [0.5, 0.6) is 0 Å². The van der Waals surface area contributed by atoms with Gasteiger partial charge < -0.3 is 18.9 Å². The number of ether oxygens (including phenoxy) is 2. The van der Waals surface area contributed by atoms with Gasteiger partial charge in [0.2, 0.25) is 15.0 Å². The Morgan fingerprint density at radius 2 is 1.76 bits per heavy atom. The molecule has 0 bridgehead atoms. The van der Waals surface area contributed by atoms with Gasteiger partial charge in [0.25, 0.3) is 5.91 Å². The van der Waals surface area contributed by atoms with Crippen LogP contribution in [0.2, 0.25) is 0 Å². The number of carbonyl (C=O) groups is 1. The Kier molecular flexibility index (Phi) is 9.68. The highest BCUT2D eigenvalue weighted by Crippen LogP contribution is 2.20. The van der Waals surface area contributed by atoms with Crippen LogP contribution in [0.3, 0.4) is 0 Å². The Balaban J connectivity index is 1.63. The summed E-state index contributed by atoms with van der Waals surface area (Å²) in [5, 5.41) is -0.00938. The van der Waals surface area contributed by atoms with E-state index in [1.54, 1.807) is 34.9 Å². The summed E-state index contributed by atoms with van der Waals surface area (Å²) in [6, 6.07) is 16.6. The van der Waals surface area contributed by atoms with E-state index in [-0.39, 0.29) is 23.4 Å². The average molecular weight is 541 g/mol. The number of methoxy groups -OCH3 is 1. The van der Waals surface area contributed by atoms with Crippen molar-refractivity contribution in [1.82, 2.24) is 19.4 Å². The molecule has 9 nitrogen and oxygen atoms in total. The summed E-state index contributed by atoms with van der Waals surface area (Å²) >= 11 is 0. The van der Waals surface area contributed by atoms with Gasteiger partial charge in [-0.05, 0) is 24.1 Å². The van der Waals surface area contributed by atoms with E-state index in [1.165, 1.54) is 0 Å². The van der Waals surface area contributed by atoms with E-state index < -0.39 is 9.84 Å². The molecule has 38 heavy (non-hydrogen) atoms. The van der Waals surface area contributed by atoms with Crippen molar-refractivity contribution < 1.29 is 22.7 Å². The Morgan fingerprint density at radius 1 is 1.05 bits per heavy atom. The van der Waals surface area contributed by atoms with Crippen molar-refractivity contribution in [3.8, 4) is 0 Å². The molecule has 0 N–H and O–H groups in total. The first kappa shape index (κ1) is 28.0. The maximum atomic E-state index is 13.7. The lowest BCUT2D eigenvalue weighted by Crippen LogP contribution is -2.43. The highest BCUT2D eigenvalue weighted by Gasteiger charge is 2.26. The zero-order valence-corrected chi connectivity index (χ0v) is 22.9. The third-order valence-corrected chi connectivity index (χ3v) is 8.30. The number of aromatic nitrogens is 2. The summed E-state index contributed by atoms with van der Waals surface area (Å²) in [6.07, 6.45) is 1.57. The molecule has 10 heteroatoms. The van der Waals surface area contributed by atoms with Crippen molar-refractivity contribution in [2.45, 2.75) is 30.9 Å². The van der Waals surface area contributed by atoms with Crippen LogP contribution in [0.4, 0.5) is 0 Å². The fraction of sp³-hybridized carbons (Fsp3) is 0.429. The number of morpholine rings is 1. The first-order chi connectivity index (χ1) is 18.4. The van der Waals surface area contributed by atoms with Gasteiger partial charge in [0, 0.05) is 45.4 Å². The number of sulfone groups is 1. The first-order valence-electron chi connectivity index (χ1n) is 12.8. The third-order valence-electron chi connectivity index (χ3n) is 6.70. The topological polar surface area (TPSA) is 94.0 Å². The van der Waals surface area contributed by atoms with Crippen molar-refractivity contribution in [2.75, 3.05) is 53.1 Å². The van der Waals surface area contributed by atoms with Gasteiger partial charge in [-0.3, -0.25) is 9.69 Å². The van der Waals surface area contributed by atoms with E-state index in [9.17, 15) is 13.2 Å². The van der Waals surface area contributed by atoms with E-state index >= 15 is 0 Å². The highest BCUT2D eigenvalue weighted by atomic mass is 32.2. The number of hydrogen-bond donors (Lipinski definition) is 0. The molecule has 0 saturated carbocycles. The zero-order valence-electron chi connectivity index (χ0n) is 22.1. The molecule has 204 valence electrons. The summed E-state index contributed by atoms with van der Waals surface area (Å²) in [4.78, 5) is 22.1. The molecule has 0 atom stereocenters. The van der Waals surface area contributed by atoms with Crippen LogP contribution in [0.25, 0.3) is 0 Å². The number of amides is 1. The van der Waals surface area contributed by atoms with Crippen molar-refractivity contribution in [3.63, 3.8) is 0 Å². The smallest absolute Gasteiger partial charge is 0.254 e. The molecule has 1 fully saturated rings. The van der Waals surface area contributed by atoms with Crippen molar-refractivity contribution in [3.05, 3.63) is 83.2 Å². The molecule has 4 rings (SSSR count). The Morgan fingerprint density at radius 3 is 2.47 bits per heavy atom. The summed E-state index contributed by atoms with van der Waals surface area (Å²) in [5.74, 6) is -0.246. The van der Waals surface area contributed by atoms with Crippen LogP contribution in [0, 0.1) is 6.92 Å². The molecule has 2 aromatic carbocycles. The van der Waals surface area contributed by atoms with Crippen molar-refractivity contribution >= 4 is 15.7 Å². The Hall–Kier alpha value is -3.05. The molecule has 1 aromatic heterocycles. The minimum Gasteiger partial charge on any atom is -0.383 e. The molecular weight excluding hydrogens is 504 g/mol. The minimum atomic E-state index is -3.73. The maximum absolute atomic E-state index is 13.7. The fourth-order valence-electron chi connectivity index (χ4n) is 4.56. The highest BCUT2D eigenvalue weighted by molar-refractivity contribution is 7.90. The zero-order chi connectivity index (χ0) is 27.0. The lowest BCUT2D eigenvalue weighted by Gasteiger charge is -2.30. The number of imidazole rings is 1. The normalized spacial score (nSPS) is 14.5. The fourth-order valence-corrected chi connectivity index (χ4v) is 6.08. The van der Waals surface area contributed by atoms with Crippen LogP contribution in [0.15, 0.2) is 66.0 Å². The van der Waals surface area contributed by atoms with Crippen LogP contribution in [-0.4, -0.2) is 86.8 Å². The van der Waals surface area contributed by atoms with Gasteiger partial charge in [-0.1, -0.05) is 48.5 Å². The van der Waals surface area contributed by atoms with Gasteiger partial charge in [-0.2, -0.15) is 0 Å². The molecule has 0 unspecified atom stereocenters. The summed E-state index contributed by atoms with van der Waals surface area (Å²) in [5.41, 5.74) is 2.87. The molecule has 2 heterocycles. The molecule has 1 amide bonds. The van der Waals surface area contributed by atoms with Gasteiger partial charge in [0.05, 0.1) is 44.0 Å². The van der Waals surface area contributed by atoms with Crippen molar-refractivity contribution in [1.29, 1.82) is 0 Å². The SMILES string of the molecule is COCCn1c(CN(CCN2CCOCC2)C(=O)c2ccccc2C)cnc1S(=O)(=O)Cc1ccccc1. The van der Waals surface area contributed by atoms with Crippen LogP contribution < -0.4 is 0 Å². The summed E-state index contributed by atoms with van der Waals surface area (Å²) in [6.45, 7) is 6.97. The largest absolute Gasteiger partial charge is 0.383 e. The Labute approximate surface area is 224 Å². The number of rotatable bonds is 12. The number of aryl methyl sites for hydroxylation is 1. The minimum absolute atomic E-state index is 0.00938. The summed E-state index contributed by atoms with van der Waals surface area (Å²) < 4.78 is 39.2. The lowest BCUT2D eigenvalue weighted by molar-refractivity contribution is 0.0318. The van der Waals surface area contributed by atoms with Crippen molar-refractivity contribution in [2.24, 2.45) is 0 Å². The molecule has 0 radical (unpaired) electrons. The van der Waals surface area contributed by atoms with E-state index in [1.807, 2.05) is 49.4 Å². The van der Waals surface area contributed by atoms with Gasteiger partial charge in [-0.25, -0.2) is 13.4 Å². The standard InChI is InChI=1S/C28H36N4O5S/c1-23-8-6-7-11-26(23)27(33)31(13-12-30-14-18-37-19-15-30)21-25-20-29-28(32(25)16-17-36-2)38(34,35)22-24-9-4-3-5-10-24/h3-11,20H,12-19,21-22H2,1-2H3. The number of benzene rings is 2. The Bertz CT molecular complexity index is 1300. The van der Waals surface area contributed by atoms with Crippen LogP contribution in [0.1, 0.15) is 27.2 Å². The third kappa shape index (κ3) is 7.08. The number of hydrogen-bond acceptors (Lipinski definition) is 7. The number of carbonyl (C=O) groups excluding carboxylic acids is 1. The average Bonchev–Trinajstić information content (AvgIpc) is 3.34. The van der Waals surface area contributed by atoms with Gasteiger partial charge in [0.1, 0.15) is 0 Å². The number of nitrogens with zero attached hydrogens (tertiary/aromatic N) is 4. The second-order valence-corrected chi connectivity index (χ2v) is 11.3. The molecule has 0 spiro atoms. The molecule has 1 aliphatic rings. The lowest BCUT2D eigenvalue weighted by atomic mass is 10.1. The summed E-state index contributed by atoms with van der Waals surface area (Å²) in [7, 11) is -2.15. The maximum Gasteiger partial charge on any atom is 0.254 e. The predicted molar refractivity (Wildman–Crippen MR) is 145 cm³/mol. The van der Waals surface area contributed by atoms with Crippen LogP contribution >= 0.6 is 0 Å². The van der Waals surface area contributed by atoms with Gasteiger partial charge in [-0.15, -0.1) is 0 Å². The van der Waals surface area contributed by atoms with Gasteiger partial charge >= 0.3 is 0 Å². The van der Waals surface area contributed by atoms with Gasteiger partial charge in [0.15, 0.2) is 0 Å².